The van der Waals surface area contributed by atoms with E-state index >= 15 is 0 Å². The molecule has 0 saturated carbocycles. The number of carbonyl (C=O) groups is 1. The fourth-order valence-electron chi connectivity index (χ4n) is 4.79. The molecule has 1 radical (unpaired) electrons. The van der Waals surface area contributed by atoms with E-state index in [-0.39, 0.29) is 25.7 Å². The zero-order valence-electron chi connectivity index (χ0n) is 20.6. The number of carbonyl (C=O) groups excluding carboxylic acids is 1. The van der Waals surface area contributed by atoms with Crippen LogP contribution in [0, 0.1) is 0 Å². The Hall–Kier alpha value is -1.66. The van der Waals surface area contributed by atoms with E-state index in [1.165, 1.54) is 28.3 Å². The minimum absolute atomic E-state index is 0.00413. The Morgan fingerprint density at radius 3 is 1.90 bits per heavy atom. The molecule has 0 spiro atoms. The van der Waals surface area contributed by atoms with Gasteiger partial charge >= 0.3 is 5.97 Å². The molecule has 31 heavy (non-hydrogen) atoms. The van der Waals surface area contributed by atoms with Gasteiger partial charge in [0.05, 0.1) is 8.07 Å². The second-order valence-electron chi connectivity index (χ2n) is 11.4. The van der Waals surface area contributed by atoms with Gasteiger partial charge in [-0.1, -0.05) is 108 Å². The van der Waals surface area contributed by atoms with E-state index in [0.29, 0.717) is 18.1 Å². The van der Waals surface area contributed by atoms with Gasteiger partial charge in [-0.15, -0.1) is 0 Å². The first-order chi connectivity index (χ1) is 14.4. The molecular weight excluding hydrogens is 412 g/mol. The van der Waals surface area contributed by atoms with Crippen molar-refractivity contribution < 1.29 is 9.53 Å². The highest BCUT2D eigenvalue weighted by Crippen LogP contribution is 2.50. The number of esters is 1. The Labute approximate surface area is 192 Å². The van der Waals surface area contributed by atoms with Gasteiger partial charge in [0.2, 0.25) is 0 Å². The van der Waals surface area contributed by atoms with E-state index in [0.717, 1.165) is 0 Å². The molecular formula is C27H39O2Si2. The minimum Gasteiger partial charge on any atom is -0.465 e. The van der Waals surface area contributed by atoms with Crippen LogP contribution in [-0.2, 0) is 9.53 Å². The molecule has 167 valence electrons. The van der Waals surface area contributed by atoms with Gasteiger partial charge in [0.1, 0.15) is 6.61 Å². The van der Waals surface area contributed by atoms with E-state index in [9.17, 15) is 4.79 Å². The number of hydrogen-bond acceptors (Lipinski definition) is 2. The molecule has 3 rings (SSSR count). The van der Waals surface area contributed by atoms with Crippen LogP contribution in [0.15, 0.2) is 48.5 Å². The van der Waals surface area contributed by atoms with Gasteiger partial charge in [-0.2, -0.15) is 0 Å². The predicted octanol–water partition coefficient (Wildman–Crippen LogP) is 7.76. The summed E-state index contributed by atoms with van der Waals surface area (Å²) < 4.78 is 5.94. The summed E-state index contributed by atoms with van der Waals surface area (Å²) in [6, 6.07) is 18.3. The van der Waals surface area contributed by atoms with Crippen LogP contribution in [-0.4, -0.2) is 29.4 Å². The zero-order valence-corrected chi connectivity index (χ0v) is 22.6. The third-order valence-electron chi connectivity index (χ3n) is 8.03. The van der Waals surface area contributed by atoms with Gasteiger partial charge in [-0.3, -0.25) is 4.79 Å². The first-order valence-corrected chi connectivity index (χ1v) is 17.2. The van der Waals surface area contributed by atoms with Crippen molar-refractivity contribution >= 4 is 22.8 Å². The average Bonchev–Trinajstić information content (AvgIpc) is 2.99. The number of hydrogen-bond donors (Lipinski definition) is 0. The normalized spacial score (nSPS) is 14.5. The molecule has 2 nitrogen and oxygen atoms in total. The van der Waals surface area contributed by atoms with Crippen molar-refractivity contribution in [2.45, 2.75) is 82.3 Å². The SMILES string of the molecule is C[Si](C)C(C)(C)C[Si](C)(C)C(C)(C)CC(=O)OCC1c2ccccc2-c2ccccc21. The topological polar surface area (TPSA) is 26.3 Å². The van der Waals surface area contributed by atoms with Crippen molar-refractivity contribution in [3.8, 4) is 11.1 Å². The third kappa shape index (κ3) is 4.90. The quantitative estimate of drug-likeness (QED) is 0.303. The molecule has 4 heteroatoms. The van der Waals surface area contributed by atoms with Crippen LogP contribution in [0.5, 0.6) is 0 Å². The zero-order chi connectivity index (χ0) is 23.0. The van der Waals surface area contributed by atoms with E-state index < -0.39 is 8.07 Å². The molecule has 0 aliphatic heterocycles. The lowest BCUT2D eigenvalue weighted by Crippen LogP contribution is -2.44. The van der Waals surface area contributed by atoms with E-state index in [2.05, 4.69) is 102 Å². The molecule has 2 aromatic carbocycles. The Morgan fingerprint density at radius 1 is 0.935 bits per heavy atom. The van der Waals surface area contributed by atoms with Crippen molar-refractivity contribution in [3.05, 3.63) is 59.7 Å². The monoisotopic (exact) mass is 451 g/mol. The van der Waals surface area contributed by atoms with Crippen LogP contribution in [0.25, 0.3) is 11.1 Å². The third-order valence-corrected chi connectivity index (χ3v) is 16.9. The van der Waals surface area contributed by atoms with Crippen LogP contribution in [0.3, 0.4) is 0 Å². The molecule has 0 aromatic heterocycles. The summed E-state index contributed by atoms with van der Waals surface area (Å²) in [5, 5.41) is 0.392. The molecule has 0 heterocycles. The van der Waals surface area contributed by atoms with Gasteiger partial charge in [-0.05, 0) is 32.3 Å². The first kappa shape index (κ1) is 24.0. The van der Waals surface area contributed by atoms with Gasteiger partial charge in [0.15, 0.2) is 0 Å². The molecule has 0 fully saturated rings. The van der Waals surface area contributed by atoms with Crippen LogP contribution in [0.4, 0.5) is 0 Å². The second-order valence-corrected chi connectivity index (χ2v) is 20.2. The average molecular weight is 452 g/mol. The van der Waals surface area contributed by atoms with E-state index in [4.69, 9.17) is 4.74 Å². The van der Waals surface area contributed by atoms with Crippen molar-refractivity contribution in [1.29, 1.82) is 0 Å². The number of ether oxygens (including phenoxy) is 1. The highest BCUT2D eigenvalue weighted by molar-refractivity contribution is 6.82. The van der Waals surface area contributed by atoms with Crippen LogP contribution in [0.2, 0.25) is 42.3 Å². The van der Waals surface area contributed by atoms with Crippen molar-refractivity contribution in [3.63, 3.8) is 0 Å². The molecule has 1 aliphatic rings. The maximum Gasteiger partial charge on any atom is 0.306 e. The maximum absolute atomic E-state index is 13.0. The fraction of sp³-hybridized carbons (Fsp3) is 0.519. The maximum atomic E-state index is 13.0. The van der Waals surface area contributed by atoms with E-state index in [1.807, 2.05) is 0 Å². The van der Waals surface area contributed by atoms with Crippen LogP contribution in [0.1, 0.15) is 51.2 Å². The number of fused-ring (bicyclic) bond motifs is 3. The van der Waals surface area contributed by atoms with Gasteiger partial charge in [0.25, 0.3) is 0 Å². The smallest absolute Gasteiger partial charge is 0.306 e. The summed E-state index contributed by atoms with van der Waals surface area (Å²) in [5.41, 5.74) is 5.08. The Balaban J connectivity index is 1.69. The molecule has 0 N–H and O–H groups in total. The first-order valence-electron chi connectivity index (χ1n) is 11.5. The standard InChI is InChI=1S/C27H39O2Si2/c1-26(2,30(5)6)19-31(7,8)27(3,4)17-25(28)29-18-24-22-15-11-9-13-20(22)21-14-10-12-16-23(21)24/h9-16,24H,17-19H2,1-8H3. The summed E-state index contributed by atoms with van der Waals surface area (Å²) in [5.74, 6) is 0.0813. The van der Waals surface area contributed by atoms with Crippen molar-refractivity contribution in [1.82, 2.24) is 0 Å². The lowest BCUT2D eigenvalue weighted by molar-refractivity contribution is -0.144. The van der Waals surface area contributed by atoms with Gasteiger partial charge < -0.3 is 4.74 Å². The minimum atomic E-state index is -1.64. The predicted molar refractivity (Wildman–Crippen MR) is 137 cm³/mol. The highest BCUT2D eigenvalue weighted by atomic mass is 28.3. The lowest BCUT2D eigenvalue weighted by Gasteiger charge is -2.45. The second kappa shape index (κ2) is 8.70. The molecule has 0 atom stereocenters. The number of benzene rings is 2. The lowest BCUT2D eigenvalue weighted by atomic mass is 9.98. The molecule has 0 unspecified atom stereocenters. The molecule has 2 aromatic rings. The Bertz CT molecular complexity index is 898. The Morgan fingerprint density at radius 2 is 1.42 bits per heavy atom. The fourth-order valence-corrected chi connectivity index (χ4v) is 10.8. The van der Waals surface area contributed by atoms with Crippen molar-refractivity contribution in [2.75, 3.05) is 6.61 Å². The molecule has 0 bridgehead atoms. The molecule has 0 saturated heterocycles. The van der Waals surface area contributed by atoms with E-state index in [1.54, 1.807) is 0 Å². The summed E-state index contributed by atoms with van der Waals surface area (Å²) in [6.45, 7) is 19.6. The number of rotatable bonds is 8. The van der Waals surface area contributed by atoms with Gasteiger partial charge in [0, 0.05) is 21.1 Å². The van der Waals surface area contributed by atoms with Gasteiger partial charge in [-0.25, -0.2) is 0 Å². The summed E-state index contributed by atoms with van der Waals surface area (Å²) in [4.78, 5) is 13.0. The Kier molecular flexibility index (Phi) is 6.74. The van der Waals surface area contributed by atoms with Crippen LogP contribution < -0.4 is 0 Å². The van der Waals surface area contributed by atoms with Crippen LogP contribution >= 0.6 is 0 Å². The summed E-state index contributed by atoms with van der Waals surface area (Å²) in [6.07, 6.45) is 0.508. The van der Waals surface area contributed by atoms with Crippen molar-refractivity contribution in [2.24, 2.45) is 0 Å². The largest absolute Gasteiger partial charge is 0.465 e. The highest BCUT2D eigenvalue weighted by Gasteiger charge is 2.45. The summed E-state index contributed by atoms with van der Waals surface area (Å²) in [7, 11) is -2.03. The molecule has 0 amide bonds. The molecule has 1 aliphatic carbocycles. The summed E-state index contributed by atoms with van der Waals surface area (Å²) >= 11 is 0.